The fraction of sp³-hybridized carbons (Fsp3) is 0.385. The molecule has 0 aliphatic rings. The number of nitrogens with two attached hydrogens (primary N) is 1. The van der Waals surface area contributed by atoms with Crippen LogP contribution < -0.4 is 11.1 Å². The minimum Gasteiger partial charge on any atom is -0.398 e. The normalized spacial score (nSPS) is 13.1. The van der Waals surface area contributed by atoms with Crippen LogP contribution in [0.4, 0.5) is 5.69 Å². The molecular formula is C13H18N2S2. The van der Waals surface area contributed by atoms with Crippen molar-refractivity contribution in [1.29, 1.82) is 0 Å². The molecule has 0 radical (unpaired) electrons. The second kappa shape index (κ2) is 5.67. The summed E-state index contributed by atoms with van der Waals surface area (Å²) in [6.07, 6.45) is 0. The predicted molar refractivity (Wildman–Crippen MR) is 77.5 cm³/mol. The van der Waals surface area contributed by atoms with Crippen molar-refractivity contribution < 1.29 is 0 Å². The van der Waals surface area contributed by atoms with E-state index in [1.807, 2.05) is 22.8 Å². The first-order valence-electron chi connectivity index (χ1n) is 5.77. The molecule has 0 aromatic carbocycles. The third-order valence-electron chi connectivity index (χ3n) is 2.78. The molecule has 1 unspecified atom stereocenters. The zero-order valence-corrected chi connectivity index (χ0v) is 11.8. The number of hydrogen-bond acceptors (Lipinski definition) is 4. The lowest BCUT2D eigenvalue weighted by Gasteiger charge is -2.21. The van der Waals surface area contributed by atoms with Gasteiger partial charge in [0, 0.05) is 28.0 Å². The number of nitrogen functional groups attached to an aromatic ring is 1. The second-order valence-corrected chi connectivity index (χ2v) is 6.40. The molecule has 2 aromatic rings. The van der Waals surface area contributed by atoms with Gasteiger partial charge in [-0.15, -0.1) is 22.7 Å². The zero-order chi connectivity index (χ0) is 12.3. The van der Waals surface area contributed by atoms with Crippen LogP contribution >= 0.6 is 22.7 Å². The Labute approximate surface area is 110 Å². The van der Waals surface area contributed by atoms with Gasteiger partial charge in [0.15, 0.2) is 0 Å². The van der Waals surface area contributed by atoms with E-state index in [2.05, 4.69) is 36.7 Å². The van der Waals surface area contributed by atoms with Gasteiger partial charge >= 0.3 is 0 Å². The number of rotatable bonds is 5. The van der Waals surface area contributed by atoms with Gasteiger partial charge in [-0.2, -0.15) is 0 Å². The molecule has 2 nitrogen and oxygen atoms in total. The summed E-state index contributed by atoms with van der Waals surface area (Å²) >= 11 is 3.53. The highest BCUT2D eigenvalue weighted by atomic mass is 32.1. The molecule has 2 heterocycles. The molecule has 0 aliphatic carbocycles. The number of nitrogens with one attached hydrogen (secondary N) is 1. The van der Waals surface area contributed by atoms with Crippen molar-refractivity contribution in [3.8, 4) is 0 Å². The smallest absolute Gasteiger partial charge is 0.0468 e. The first-order valence-corrected chi connectivity index (χ1v) is 7.53. The number of anilines is 1. The third kappa shape index (κ3) is 3.09. The lowest BCUT2D eigenvalue weighted by molar-refractivity contribution is 0.418. The fourth-order valence-electron chi connectivity index (χ4n) is 1.83. The van der Waals surface area contributed by atoms with Gasteiger partial charge in [0.1, 0.15) is 0 Å². The number of hydrogen-bond donors (Lipinski definition) is 2. The SMILES string of the molecule is CC(C)C(NCc1sccc1N)c1cccs1. The minimum atomic E-state index is 0.413. The Morgan fingerprint density at radius 2 is 2.06 bits per heavy atom. The lowest BCUT2D eigenvalue weighted by Crippen LogP contribution is -2.24. The third-order valence-corrected chi connectivity index (χ3v) is 4.67. The van der Waals surface area contributed by atoms with E-state index in [-0.39, 0.29) is 0 Å². The molecular weight excluding hydrogens is 248 g/mol. The molecule has 0 amide bonds. The van der Waals surface area contributed by atoms with Gasteiger partial charge in [0.25, 0.3) is 0 Å². The molecule has 0 saturated heterocycles. The van der Waals surface area contributed by atoms with Crippen molar-refractivity contribution in [3.05, 3.63) is 38.7 Å². The summed E-state index contributed by atoms with van der Waals surface area (Å²) in [6.45, 7) is 5.34. The summed E-state index contributed by atoms with van der Waals surface area (Å²) < 4.78 is 0. The zero-order valence-electron chi connectivity index (χ0n) is 10.1. The monoisotopic (exact) mass is 266 g/mol. The Morgan fingerprint density at radius 1 is 1.24 bits per heavy atom. The van der Waals surface area contributed by atoms with E-state index < -0.39 is 0 Å². The first-order chi connectivity index (χ1) is 8.18. The highest BCUT2D eigenvalue weighted by Crippen LogP contribution is 2.27. The standard InChI is InChI=1S/C13H18N2S2/c1-9(2)13(11-4-3-6-16-11)15-8-12-10(14)5-7-17-12/h3-7,9,13,15H,8,14H2,1-2H3. The summed E-state index contributed by atoms with van der Waals surface area (Å²) in [7, 11) is 0. The Kier molecular flexibility index (Phi) is 4.20. The van der Waals surface area contributed by atoms with Crippen molar-refractivity contribution in [3.63, 3.8) is 0 Å². The molecule has 2 rings (SSSR count). The van der Waals surface area contributed by atoms with Crippen molar-refractivity contribution >= 4 is 28.4 Å². The van der Waals surface area contributed by atoms with Crippen LogP contribution in [0.15, 0.2) is 29.0 Å². The van der Waals surface area contributed by atoms with Gasteiger partial charge in [-0.3, -0.25) is 0 Å². The molecule has 1 atom stereocenters. The molecule has 17 heavy (non-hydrogen) atoms. The predicted octanol–water partition coefficient (Wildman–Crippen LogP) is 3.88. The van der Waals surface area contributed by atoms with E-state index in [4.69, 9.17) is 5.73 Å². The Balaban J connectivity index is 2.02. The van der Waals surface area contributed by atoms with Gasteiger partial charge in [-0.1, -0.05) is 19.9 Å². The summed E-state index contributed by atoms with van der Waals surface area (Å²) in [5.41, 5.74) is 6.79. The highest BCUT2D eigenvalue weighted by molar-refractivity contribution is 7.10. The highest BCUT2D eigenvalue weighted by Gasteiger charge is 2.16. The molecule has 0 fully saturated rings. The van der Waals surface area contributed by atoms with Crippen molar-refractivity contribution in [1.82, 2.24) is 5.32 Å². The Morgan fingerprint density at radius 3 is 2.59 bits per heavy atom. The van der Waals surface area contributed by atoms with Crippen LogP contribution in [0.5, 0.6) is 0 Å². The fourth-order valence-corrected chi connectivity index (χ4v) is 3.55. The van der Waals surface area contributed by atoms with Crippen molar-refractivity contribution in [2.24, 2.45) is 5.92 Å². The molecule has 4 heteroatoms. The molecule has 2 aromatic heterocycles. The summed E-state index contributed by atoms with van der Waals surface area (Å²) in [6, 6.07) is 6.69. The Hall–Kier alpha value is -0.840. The maximum atomic E-state index is 5.89. The quantitative estimate of drug-likeness (QED) is 0.862. The molecule has 92 valence electrons. The van der Waals surface area contributed by atoms with E-state index in [1.54, 1.807) is 11.3 Å². The molecule has 0 bridgehead atoms. The number of thiophene rings is 2. The van der Waals surface area contributed by atoms with Crippen LogP contribution in [-0.4, -0.2) is 0 Å². The summed E-state index contributed by atoms with van der Waals surface area (Å²) in [5.74, 6) is 0.579. The molecule has 3 N–H and O–H groups in total. The second-order valence-electron chi connectivity index (χ2n) is 4.42. The van der Waals surface area contributed by atoms with E-state index >= 15 is 0 Å². The minimum absolute atomic E-state index is 0.413. The molecule has 0 saturated carbocycles. The average Bonchev–Trinajstić information content (AvgIpc) is 2.91. The van der Waals surface area contributed by atoms with Crippen LogP contribution in [0.3, 0.4) is 0 Å². The maximum Gasteiger partial charge on any atom is 0.0468 e. The lowest BCUT2D eigenvalue weighted by atomic mass is 10.0. The van der Waals surface area contributed by atoms with E-state index in [0.29, 0.717) is 12.0 Å². The maximum absolute atomic E-state index is 5.89. The topological polar surface area (TPSA) is 38.0 Å². The van der Waals surface area contributed by atoms with Gasteiger partial charge < -0.3 is 11.1 Å². The van der Waals surface area contributed by atoms with Crippen LogP contribution in [-0.2, 0) is 6.54 Å². The molecule has 0 aliphatic heterocycles. The first kappa shape index (κ1) is 12.6. The van der Waals surface area contributed by atoms with Crippen LogP contribution in [0.2, 0.25) is 0 Å². The van der Waals surface area contributed by atoms with Crippen LogP contribution in [0, 0.1) is 5.92 Å². The summed E-state index contributed by atoms with van der Waals surface area (Å²) in [4.78, 5) is 2.63. The van der Waals surface area contributed by atoms with E-state index in [0.717, 1.165) is 12.2 Å². The largest absolute Gasteiger partial charge is 0.398 e. The van der Waals surface area contributed by atoms with Crippen LogP contribution in [0.1, 0.15) is 29.6 Å². The molecule has 0 spiro atoms. The Bertz CT molecular complexity index is 446. The van der Waals surface area contributed by atoms with Gasteiger partial charge in [-0.25, -0.2) is 0 Å². The van der Waals surface area contributed by atoms with Crippen molar-refractivity contribution in [2.75, 3.05) is 5.73 Å². The van der Waals surface area contributed by atoms with E-state index in [1.165, 1.54) is 9.75 Å². The average molecular weight is 266 g/mol. The van der Waals surface area contributed by atoms with Crippen LogP contribution in [0.25, 0.3) is 0 Å². The van der Waals surface area contributed by atoms with Crippen molar-refractivity contribution in [2.45, 2.75) is 26.4 Å². The summed E-state index contributed by atoms with van der Waals surface area (Å²) in [5, 5.41) is 7.78. The van der Waals surface area contributed by atoms with Gasteiger partial charge in [-0.05, 0) is 28.8 Å². The van der Waals surface area contributed by atoms with Gasteiger partial charge in [0.2, 0.25) is 0 Å². The van der Waals surface area contributed by atoms with E-state index in [9.17, 15) is 0 Å². The van der Waals surface area contributed by atoms with Gasteiger partial charge in [0.05, 0.1) is 0 Å².